The summed E-state index contributed by atoms with van der Waals surface area (Å²) >= 11 is 0. The van der Waals surface area contributed by atoms with Gasteiger partial charge in [0.1, 0.15) is 19.3 Å². The molecule has 0 radical (unpaired) electrons. The minimum Gasteiger partial charge on any atom is -0.456 e. The first-order chi connectivity index (χ1) is 39.4. The number of nitrogens with one attached hydrogen (secondary N) is 1. The highest BCUT2D eigenvalue weighted by Gasteiger charge is 2.30. The summed E-state index contributed by atoms with van der Waals surface area (Å²) in [5.74, 6) is -0.484. The largest absolute Gasteiger partial charge is 0.472 e. The number of unbranched alkanes of at least 4 members (excludes halogenated alkanes) is 45. The van der Waals surface area contributed by atoms with Crippen LogP contribution >= 0.6 is 7.82 Å². The van der Waals surface area contributed by atoms with Crippen LogP contribution in [0.4, 0.5) is 0 Å². The van der Waals surface area contributed by atoms with Gasteiger partial charge in [-0.2, -0.15) is 0 Å². The normalized spacial score (nSPS) is 13.7. The Balaban J connectivity index is 4.99. The molecule has 81 heavy (non-hydrogen) atoms. The standard InChI is InChI=1S/C71H137N2O7P/c1-7-10-13-16-19-22-25-28-30-31-32-33-34-35-36-37-38-39-40-41-43-45-48-51-54-57-60-63-70(74)72-68(67-79-81(76,77)78-66-65-73(4,5)6)69(62-59-56-53-50-47-44-27-24-21-18-15-12-9-3)80-71(75)64-61-58-55-52-49-46-42-29-26-23-20-17-14-11-8-2/h19,22,28,30,59,62,68-69H,7-18,20-21,23-27,29,31-58,60-61,63-67H2,1-6H3,(H-,72,74,76,77)/p+1/b22-19-,30-28-,62-59-. The van der Waals surface area contributed by atoms with E-state index in [1.165, 1.54) is 257 Å². The lowest BCUT2D eigenvalue weighted by molar-refractivity contribution is -0.870. The molecule has 3 unspecified atom stereocenters. The molecule has 0 aliphatic rings. The van der Waals surface area contributed by atoms with Crippen LogP contribution in [0.1, 0.15) is 355 Å². The molecule has 0 aliphatic carbocycles. The Kier molecular flexibility index (Phi) is 60.0. The summed E-state index contributed by atoms with van der Waals surface area (Å²) in [6.07, 6.45) is 75.8. The molecule has 0 aliphatic heterocycles. The molecule has 0 bridgehead atoms. The number of phosphoric ester groups is 1. The van der Waals surface area contributed by atoms with E-state index in [-0.39, 0.29) is 25.1 Å². The average Bonchev–Trinajstić information content (AvgIpc) is 3.44. The highest BCUT2D eigenvalue weighted by molar-refractivity contribution is 7.47. The number of carbonyl (C=O) groups is 2. The molecule has 2 N–H and O–H groups in total. The Bertz CT molecular complexity index is 1480. The Morgan fingerprint density at radius 3 is 1.14 bits per heavy atom. The molecule has 0 spiro atoms. The quantitative estimate of drug-likeness (QED) is 0.0205. The van der Waals surface area contributed by atoms with Crippen molar-refractivity contribution in [3.8, 4) is 0 Å². The van der Waals surface area contributed by atoms with Crippen molar-refractivity contribution < 1.29 is 37.3 Å². The van der Waals surface area contributed by atoms with Crippen molar-refractivity contribution in [1.29, 1.82) is 0 Å². The van der Waals surface area contributed by atoms with Gasteiger partial charge in [-0.15, -0.1) is 0 Å². The Morgan fingerprint density at radius 2 is 0.753 bits per heavy atom. The number of esters is 1. The molecule has 0 aromatic carbocycles. The number of amides is 1. The van der Waals surface area contributed by atoms with Gasteiger partial charge >= 0.3 is 13.8 Å². The van der Waals surface area contributed by atoms with Gasteiger partial charge in [0.05, 0.1) is 33.8 Å². The molecule has 478 valence electrons. The molecule has 10 heteroatoms. The second kappa shape index (κ2) is 61.3. The fraction of sp³-hybridized carbons (Fsp3) is 0.887. The van der Waals surface area contributed by atoms with Crippen LogP contribution in [0.3, 0.4) is 0 Å². The van der Waals surface area contributed by atoms with Gasteiger partial charge in [-0.25, -0.2) is 4.57 Å². The highest BCUT2D eigenvalue weighted by Crippen LogP contribution is 2.43. The maximum absolute atomic E-state index is 13.6. The van der Waals surface area contributed by atoms with E-state index in [0.29, 0.717) is 23.9 Å². The predicted octanol–water partition coefficient (Wildman–Crippen LogP) is 22.2. The number of allylic oxidation sites excluding steroid dienone is 5. The molecule has 0 rings (SSSR count). The molecular weight excluding hydrogens is 1020 g/mol. The predicted molar refractivity (Wildman–Crippen MR) is 351 cm³/mol. The second-order valence-electron chi connectivity index (χ2n) is 25.4. The summed E-state index contributed by atoms with van der Waals surface area (Å²) in [6, 6.07) is -0.844. The fourth-order valence-corrected chi connectivity index (χ4v) is 11.4. The van der Waals surface area contributed by atoms with Gasteiger partial charge < -0.3 is 19.4 Å². The van der Waals surface area contributed by atoms with E-state index in [2.05, 4.69) is 56.5 Å². The number of ether oxygens (including phenoxy) is 1. The van der Waals surface area contributed by atoms with Crippen molar-refractivity contribution in [3.05, 3.63) is 36.5 Å². The molecule has 0 aromatic rings. The molecule has 0 heterocycles. The van der Waals surface area contributed by atoms with Gasteiger partial charge in [0.2, 0.25) is 5.91 Å². The van der Waals surface area contributed by atoms with Crippen LogP contribution in [-0.4, -0.2) is 74.3 Å². The van der Waals surface area contributed by atoms with E-state index < -0.39 is 20.0 Å². The Hall–Kier alpha value is -1.77. The highest BCUT2D eigenvalue weighted by atomic mass is 31.2. The average molecular weight is 1160 g/mol. The third-order valence-electron chi connectivity index (χ3n) is 16.1. The van der Waals surface area contributed by atoms with Crippen molar-refractivity contribution >= 4 is 19.7 Å². The van der Waals surface area contributed by atoms with Crippen LogP contribution in [0.25, 0.3) is 0 Å². The smallest absolute Gasteiger partial charge is 0.456 e. The lowest BCUT2D eigenvalue weighted by atomic mass is 10.0. The van der Waals surface area contributed by atoms with E-state index >= 15 is 0 Å². The van der Waals surface area contributed by atoms with Gasteiger partial charge in [-0.05, 0) is 63.9 Å². The van der Waals surface area contributed by atoms with Gasteiger partial charge in [0.25, 0.3) is 0 Å². The Labute approximate surface area is 504 Å². The lowest BCUT2D eigenvalue weighted by Crippen LogP contribution is -2.47. The van der Waals surface area contributed by atoms with Crippen molar-refractivity contribution in [2.75, 3.05) is 40.9 Å². The zero-order valence-electron chi connectivity index (χ0n) is 54.8. The summed E-state index contributed by atoms with van der Waals surface area (Å²) in [4.78, 5) is 37.9. The zero-order valence-corrected chi connectivity index (χ0v) is 55.7. The summed E-state index contributed by atoms with van der Waals surface area (Å²) in [6.45, 7) is 7.05. The van der Waals surface area contributed by atoms with E-state index in [0.717, 1.165) is 64.2 Å². The maximum atomic E-state index is 13.6. The molecular formula is C71H138N2O7P+. The first-order valence-electron chi connectivity index (χ1n) is 35.3. The lowest BCUT2D eigenvalue weighted by Gasteiger charge is -2.27. The number of nitrogens with zero attached hydrogens (tertiary/aromatic N) is 1. The molecule has 9 nitrogen and oxygen atoms in total. The molecule has 0 aromatic heterocycles. The molecule has 0 saturated heterocycles. The first kappa shape index (κ1) is 79.2. The van der Waals surface area contributed by atoms with Gasteiger partial charge in [0, 0.05) is 12.8 Å². The van der Waals surface area contributed by atoms with Crippen LogP contribution in [0.5, 0.6) is 0 Å². The van der Waals surface area contributed by atoms with Crippen LogP contribution < -0.4 is 5.32 Å². The third kappa shape index (κ3) is 62.6. The molecule has 0 fully saturated rings. The van der Waals surface area contributed by atoms with Gasteiger partial charge in [0.15, 0.2) is 0 Å². The number of hydrogen-bond donors (Lipinski definition) is 2. The summed E-state index contributed by atoms with van der Waals surface area (Å²) in [7, 11) is 1.52. The van der Waals surface area contributed by atoms with Crippen molar-refractivity contribution in [2.24, 2.45) is 0 Å². The number of hydrogen-bond acceptors (Lipinski definition) is 6. The zero-order chi connectivity index (χ0) is 59.3. The van der Waals surface area contributed by atoms with Crippen LogP contribution in [-0.2, 0) is 27.9 Å². The third-order valence-corrected chi connectivity index (χ3v) is 17.1. The first-order valence-corrected chi connectivity index (χ1v) is 36.8. The van der Waals surface area contributed by atoms with E-state index in [4.69, 9.17) is 13.8 Å². The molecule has 3 atom stereocenters. The number of carbonyl (C=O) groups excluding carboxylic acids is 2. The van der Waals surface area contributed by atoms with E-state index in [9.17, 15) is 19.0 Å². The molecule has 1 amide bonds. The number of rotatable bonds is 65. The number of likely N-dealkylation sites (N-methyl/N-ethyl adjacent to an activating group) is 1. The minimum atomic E-state index is -4.45. The maximum Gasteiger partial charge on any atom is 0.472 e. The SMILES string of the molecule is CCCCC/C=C\C/C=C\CCCCCCCCCCCCCCCCCCCC(=O)NC(COP(=O)(O)OCC[N+](C)(C)C)C(/C=C\CCCCCCCCCCCCC)OC(=O)CCCCCCCCCCCCCCCCC. The van der Waals surface area contributed by atoms with E-state index in [1.54, 1.807) is 0 Å². The number of quaternary nitrogens is 1. The summed E-state index contributed by atoms with van der Waals surface area (Å²) in [5.41, 5.74) is 0. The van der Waals surface area contributed by atoms with Crippen molar-refractivity contribution in [3.63, 3.8) is 0 Å². The van der Waals surface area contributed by atoms with Crippen LogP contribution in [0, 0.1) is 0 Å². The number of phosphoric acid groups is 1. The second-order valence-corrected chi connectivity index (χ2v) is 26.9. The Morgan fingerprint density at radius 1 is 0.432 bits per heavy atom. The fourth-order valence-electron chi connectivity index (χ4n) is 10.6. The molecule has 0 saturated carbocycles. The van der Waals surface area contributed by atoms with Crippen molar-refractivity contribution in [2.45, 2.75) is 367 Å². The van der Waals surface area contributed by atoms with Gasteiger partial charge in [-0.3, -0.25) is 18.6 Å². The summed E-state index contributed by atoms with van der Waals surface area (Å²) < 4.78 is 30.8. The topological polar surface area (TPSA) is 111 Å². The van der Waals surface area contributed by atoms with Crippen LogP contribution in [0.2, 0.25) is 0 Å². The monoisotopic (exact) mass is 1160 g/mol. The minimum absolute atomic E-state index is 0.0439. The summed E-state index contributed by atoms with van der Waals surface area (Å²) in [5, 5.41) is 3.08. The van der Waals surface area contributed by atoms with Crippen molar-refractivity contribution in [1.82, 2.24) is 5.32 Å². The van der Waals surface area contributed by atoms with E-state index in [1.807, 2.05) is 27.2 Å². The van der Waals surface area contributed by atoms with Gasteiger partial charge in [-0.1, -0.05) is 314 Å². The van der Waals surface area contributed by atoms with Crippen LogP contribution in [0.15, 0.2) is 36.5 Å².